The van der Waals surface area contributed by atoms with Gasteiger partial charge in [0.1, 0.15) is 18.1 Å². The predicted octanol–water partition coefficient (Wildman–Crippen LogP) is 4.81. The third-order valence-electron chi connectivity index (χ3n) is 4.81. The van der Waals surface area contributed by atoms with Crippen LogP contribution < -0.4 is 18.9 Å². The zero-order valence-electron chi connectivity index (χ0n) is 17.1. The number of rotatable bonds is 8. The number of non-ortho nitro benzene ring substituents is 1. The van der Waals surface area contributed by atoms with Crippen LogP contribution in [0.2, 0.25) is 0 Å². The smallest absolute Gasteiger partial charge is 0.273 e. The number of fused-ring (bicyclic) bond motifs is 1. The molecule has 0 aliphatic carbocycles. The van der Waals surface area contributed by atoms with Gasteiger partial charge in [-0.25, -0.2) is 0 Å². The highest BCUT2D eigenvalue weighted by molar-refractivity contribution is 6.07. The van der Waals surface area contributed by atoms with Gasteiger partial charge in [0.05, 0.1) is 18.1 Å². The number of carbonyl (C=O) groups excluding carboxylic acids is 1. The van der Waals surface area contributed by atoms with Gasteiger partial charge in [0.2, 0.25) is 6.79 Å². The number of hydrogen-bond donors (Lipinski definition) is 0. The largest absolute Gasteiger partial charge is 0.496 e. The average molecular weight is 433 g/mol. The van der Waals surface area contributed by atoms with Gasteiger partial charge >= 0.3 is 0 Å². The number of benzene rings is 3. The molecular formula is C24H19NO7. The van der Waals surface area contributed by atoms with Gasteiger partial charge in [-0.05, 0) is 48.0 Å². The first-order chi connectivity index (χ1) is 15.5. The molecule has 32 heavy (non-hydrogen) atoms. The molecule has 0 saturated heterocycles. The van der Waals surface area contributed by atoms with E-state index in [1.807, 2.05) is 12.1 Å². The number of ether oxygens (including phenoxy) is 4. The van der Waals surface area contributed by atoms with Crippen LogP contribution in [0.3, 0.4) is 0 Å². The van der Waals surface area contributed by atoms with E-state index < -0.39 is 4.92 Å². The Bertz CT molecular complexity index is 1200. The Balaban J connectivity index is 1.48. The molecule has 0 saturated carbocycles. The molecule has 4 rings (SSSR count). The van der Waals surface area contributed by atoms with E-state index in [0.29, 0.717) is 28.6 Å². The second-order valence-corrected chi connectivity index (χ2v) is 6.88. The quantitative estimate of drug-likeness (QED) is 0.218. The lowest BCUT2D eigenvalue weighted by Gasteiger charge is -2.11. The van der Waals surface area contributed by atoms with Crippen LogP contribution in [0.5, 0.6) is 23.0 Å². The molecule has 0 amide bonds. The third kappa shape index (κ3) is 4.70. The number of allylic oxidation sites excluding steroid dienone is 1. The van der Waals surface area contributed by atoms with Crippen LogP contribution in [0.25, 0.3) is 6.08 Å². The minimum absolute atomic E-state index is 0.0480. The highest BCUT2D eigenvalue weighted by Crippen LogP contribution is 2.32. The van der Waals surface area contributed by atoms with E-state index in [-0.39, 0.29) is 24.9 Å². The molecule has 0 aromatic heterocycles. The van der Waals surface area contributed by atoms with Crippen molar-refractivity contribution in [3.05, 3.63) is 93.5 Å². The van der Waals surface area contributed by atoms with Crippen LogP contribution in [0.15, 0.2) is 66.7 Å². The normalized spacial score (nSPS) is 12.0. The first kappa shape index (κ1) is 20.9. The van der Waals surface area contributed by atoms with Crippen LogP contribution in [0.1, 0.15) is 21.5 Å². The Kier molecular flexibility index (Phi) is 6.03. The summed E-state index contributed by atoms with van der Waals surface area (Å²) in [5, 5.41) is 10.9. The first-order valence-electron chi connectivity index (χ1n) is 9.70. The van der Waals surface area contributed by atoms with Gasteiger partial charge in [0, 0.05) is 17.2 Å². The first-order valence-corrected chi connectivity index (χ1v) is 9.70. The van der Waals surface area contributed by atoms with Crippen LogP contribution >= 0.6 is 0 Å². The molecule has 1 aliphatic rings. The number of hydrogen-bond acceptors (Lipinski definition) is 7. The van der Waals surface area contributed by atoms with Crippen molar-refractivity contribution in [3.63, 3.8) is 0 Å². The number of ketones is 1. The maximum atomic E-state index is 12.5. The van der Waals surface area contributed by atoms with Gasteiger partial charge in [-0.1, -0.05) is 18.2 Å². The van der Waals surface area contributed by atoms with Crippen molar-refractivity contribution in [3.8, 4) is 23.0 Å². The van der Waals surface area contributed by atoms with Gasteiger partial charge in [-0.2, -0.15) is 0 Å². The van der Waals surface area contributed by atoms with E-state index in [2.05, 4.69) is 0 Å². The van der Waals surface area contributed by atoms with Crippen molar-refractivity contribution in [2.24, 2.45) is 0 Å². The zero-order chi connectivity index (χ0) is 22.5. The average Bonchev–Trinajstić information content (AvgIpc) is 3.29. The Morgan fingerprint density at radius 1 is 1.09 bits per heavy atom. The lowest BCUT2D eigenvalue weighted by atomic mass is 10.1. The Labute approximate surface area is 183 Å². The fourth-order valence-electron chi connectivity index (χ4n) is 3.18. The van der Waals surface area contributed by atoms with Crippen molar-refractivity contribution in [2.75, 3.05) is 13.9 Å². The summed E-state index contributed by atoms with van der Waals surface area (Å²) in [6.07, 6.45) is 3.17. The topological polar surface area (TPSA) is 97.1 Å². The second-order valence-electron chi connectivity index (χ2n) is 6.88. The minimum atomic E-state index is -0.476. The Morgan fingerprint density at radius 2 is 1.94 bits per heavy atom. The lowest BCUT2D eigenvalue weighted by Crippen LogP contribution is -2.00. The van der Waals surface area contributed by atoms with Crippen LogP contribution in [-0.2, 0) is 6.61 Å². The summed E-state index contributed by atoms with van der Waals surface area (Å²) in [6, 6.07) is 16.4. The van der Waals surface area contributed by atoms with Crippen LogP contribution in [0.4, 0.5) is 5.69 Å². The van der Waals surface area contributed by atoms with E-state index in [1.165, 1.54) is 18.2 Å². The SMILES string of the molecule is COc1ccc(/C=C/C(=O)c2ccc3c(c2)OCO3)cc1COc1cccc([N+](=O)[O-])c1. The molecule has 3 aromatic carbocycles. The van der Waals surface area contributed by atoms with E-state index in [4.69, 9.17) is 18.9 Å². The zero-order valence-corrected chi connectivity index (χ0v) is 17.1. The monoisotopic (exact) mass is 433 g/mol. The molecule has 162 valence electrons. The molecule has 0 atom stereocenters. The van der Waals surface area contributed by atoms with E-state index in [0.717, 1.165) is 11.1 Å². The van der Waals surface area contributed by atoms with Crippen molar-refractivity contribution in [2.45, 2.75) is 6.61 Å². The lowest BCUT2D eigenvalue weighted by molar-refractivity contribution is -0.384. The van der Waals surface area contributed by atoms with Crippen LogP contribution in [-0.4, -0.2) is 24.6 Å². The number of carbonyl (C=O) groups is 1. The molecule has 8 heteroatoms. The van der Waals surface area contributed by atoms with Gasteiger partial charge in [0.25, 0.3) is 5.69 Å². The number of nitrogens with zero attached hydrogens (tertiary/aromatic N) is 1. The van der Waals surface area contributed by atoms with Gasteiger partial charge < -0.3 is 18.9 Å². The summed E-state index contributed by atoms with van der Waals surface area (Å²) >= 11 is 0. The summed E-state index contributed by atoms with van der Waals surface area (Å²) in [4.78, 5) is 23.0. The summed E-state index contributed by atoms with van der Waals surface area (Å²) in [7, 11) is 1.55. The summed E-state index contributed by atoms with van der Waals surface area (Å²) < 4.78 is 21.7. The highest BCUT2D eigenvalue weighted by Gasteiger charge is 2.15. The maximum Gasteiger partial charge on any atom is 0.273 e. The molecule has 1 aliphatic heterocycles. The molecule has 0 fully saturated rings. The third-order valence-corrected chi connectivity index (χ3v) is 4.81. The molecule has 0 spiro atoms. The fraction of sp³-hybridized carbons (Fsp3) is 0.125. The molecule has 0 N–H and O–H groups in total. The predicted molar refractivity (Wildman–Crippen MR) is 116 cm³/mol. The molecular weight excluding hydrogens is 414 g/mol. The minimum Gasteiger partial charge on any atom is -0.496 e. The molecule has 8 nitrogen and oxygen atoms in total. The van der Waals surface area contributed by atoms with Gasteiger partial charge in [0.15, 0.2) is 17.3 Å². The summed E-state index contributed by atoms with van der Waals surface area (Å²) in [6.45, 7) is 0.290. The number of nitro benzene ring substituents is 1. The molecule has 1 heterocycles. The van der Waals surface area contributed by atoms with Gasteiger partial charge in [-0.3, -0.25) is 14.9 Å². The summed E-state index contributed by atoms with van der Waals surface area (Å²) in [5.74, 6) is 1.98. The van der Waals surface area contributed by atoms with Crippen molar-refractivity contribution in [1.29, 1.82) is 0 Å². The molecule has 0 unspecified atom stereocenters. The van der Waals surface area contributed by atoms with Crippen LogP contribution in [0, 0.1) is 10.1 Å². The number of nitro groups is 1. The Morgan fingerprint density at radius 3 is 2.75 bits per heavy atom. The van der Waals surface area contributed by atoms with Crippen molar-refractivity contribution >= 4 is 17.5 Å². The maximum absolute atomic E-state index is 12.5. The molecule has 0 radical (unpaired) electrons. The molecule has 0 bridgehead atoms. The highest BCUT2D eigenvalue weighted by atomic mass is 16.7. The fourth-order valence-corrected chi connectivity index (χ4v) is 3.18. The van der Waals surface area contributed by atoms with E-state index in [9.17, 15) is 14.9 Å². The second kappa shape index (κ2) is 9.22. The number of methoxy groups -OCH3 is 1. The van der Waals surface area contributed by atoms with Crippen molar-refractivity contribution in [1.82, 2.24) is 0 Å². The van der Waals surface area contributed by atoms with E-state index in [1.54, 1.807) is 49.6 Å². The van der Waals surface area contributed by atoms with E-state index >= 15 is 0 Å². The van der Waals surface area contributed by atoms with Crippen molar-refractivity contribution < 1.29 is 28.7 Å². The summed E-state index contributed by atoms with van der Waals surface area (Å²) in [5.41, 5.74) is 1.95. The Hall–Kier alpha value is -4.33. The standard InChI is InChI=1S/C24H19NO7/c1-29-22-9-6-16(5-8-21(26)17-7-10-23-24(12-17)32-15-31-23)11-18(22)14-30-20-4-2-3-19(13-20)25(27)28/h2-13H,14-15H2,1H3/b8-5+. The molecule has 3 aromatic rings. The van der Waals surface area contributed by atoms with Gasteiger partial charge in [-0.15, -0.1) is 0 Å².